The van der Waals surface area contributed by atoms with Crippen LogP contribution < -0.4 is 0 Å². The van der Waals surface area contributed by atoms with Crippen LogP contribution in [0.5, 0.6) is 5.75 Å². The maximum absolute atomic E-state index is 13.9. The number of ether oxygens (including phenoxy) is 1. The van der Waals surface area contributed by atoms with Crippen molar-refractivity contribution in [3.8, 4) is 5.75 Å². The summed E-state index contributed by atoms with van der Waals surface area (Å²) in [5, 5.41) is 10.6. The standard InChI is InChI=1S/C25H31F3O3/c1-7-31-22(30)13-16(2)9-8-10-18(25(26,27)28)17-14-19-20(15-21(17)29)24(5,6)12-11-23(19,3)4/h8-10,13-15,29H,7,11-12H2,1-6H3. The molecule has 0 aromatic heterocycles. The Morgan fingerprint density at radius 3 is 2.19 bits per heavy atom. The van der Waals surface area contributed by atoms with Crippen LogP contribution in [-0.4, -0.2) is 23.9 Å². The Hall–Kier alpha value is -2.50. The molecule has 6 heteroatoms. The molecular weight excluding hydrogens is 405 g/mol. The van der Waals surface area contributed by atoms with Gasteiger partial charge in [0.05, 0.1) is 12.2 Å². The number of phenols is 1. The predicted molar refractivity (Wildman–Crippen MR) is 117 cm³/mol. The van der Waals surface area contributed by atoms with Gasteiger partial charge in [-0.3, -0.25) is 0 Å². The molecule has 0 amide bonds. The van der Waals surface area contributed by atoms with Gasteiger partial charge in [-0.25, -0.2) is 4.79 Å². The van der Waals surface area contributed by atoms with E-state index in [0.29, 0.717) is 5.57 Å². The number of aromatic hydroxyl groups is 1. The van der Waals surface area contributed by atoms with Crippen molar-refractivity contribution in [1.29, 1.82) is 0 Å². The highest BCUT2D eigenvalue weighted by Crippen LogP contribution is 2.49. The molecule has 0 radical (unpaired) electrons. The molecule has 1 aliphatic carbocycles. The lowest BCUT2D eigenvalue weighted by atomic mass is 9.62. The number of fused-ring (bicyclic) bond motifs is 1. The van der Waals surface area contributed by atoms with E-state index in [2.05, 4.69) is 0 Å². The molecule has 0 fully saturated rings. The van der Waals surface area contributed by atoms with Gasteiger partial charge in [0, 0.05) is 11.6 Å². The van der Waals surface area contributed by atoms with E-state index in [-0.39, 0.29) is 28.7 Å². The number of hydrogen-bond donors (Lipinski definition) is 1. The highest BCUT2D eigenvalue weighted by Gasteiger charge is 2.41. The largest absolute Gasteiger partial charge is 0.507 e. The van der Waals surface area contributed by atoms with Crippen LogP contribution in [0.2, 0.25) is 0 Å². The number of carbonyl (C=O) groups excluding carboxylic acids is 1. The van der Waals surface area contributed by atoms with Crippen LogP contribution in [0.4, 0.5) is 13.2 Å². The number of halogens is 3. The van der Waals surface area contributed by atoms with Gasteiger partial charge in [-0.15, -0.1) is 0 Å². The van der Waals surface area contributed by atoms with Crippen LogP contribution in [0.15, 0.2) is 42.0 Å². The number of allylic oxidation sites excluding steroid dienone is 5. The third kappa shape index (κ3) is 5.81. The lowest BCUT2D eigenvalue weighted by Gasteiger charge is -2.42. The first-order valence-electron chi connectivity index (χ1n) is 10.4. The minimum absolute atomic E-state index is 0.217. The maximum atomic E-state index is 13.9. The zero-order valence-corrected chi connectivity index (χ0v) is 19.0. The summed E-state index contributed by atoms with van der Waals surface area (Å²) in [6.45, 7) is 11.6. The van der Waals surface area contributed by atoms with Crippen LogP contribution in [0.25, 0.3) is 5.57 Å². The summed E-state index contributed by atoms with van der Waals surface area (Å²) in [5.74, 6) is -0.942. The van der Waals surface area contributed by atoms with Crippen molar-refractivity contribution >= 4 is 11.5 Å². The molecule has 1 N–H and O–H groups in total. The smallest absolute Gasteiger partial charge is 0.417 e. The second kappa shape index (κ2) is 8.93. The summed E-state index contributed by atoms with van der Waals surface area (Å²) in [6.07, 6.45) is 1.83. The summed E-state index contributed by atoms with van der Waals surface area (Å²) in [6, 6.07) is 2.97. The van der Waals surface area contributed by atoms with Gasteiger partial charge in [0.15, 0.2) is 0 Å². The molecule has 0 atom stereocenters. The summed E-state index contributed by atoms with van der Waals surface area (Å²) >= 11 is 0. The summed E-state index contributed by atoms with van der Waals surface area (Å²) < 4.78 is 46.5. The molecule has 1 aromatic carbocycles. The van der Waals surface area contributed by atoms with E-state index in [1.165, 1.54) is 30.4 Å². The normalized spacial score (nSPS) is 18.7. The van der Waals surface area contributed by atoms with Crippen molar-refractivity contribution in [3.05, 3.63) is 58.7 Å². The number of hydrogen-bond acceptors (Lipinski definition) is 3. The SMILES string of the molecule is CCOC(=O)C=C(C)C=CC=C(c1cc2c(cc1O)C(C)(C)CCC2(C)C)C(F)(F)F. The van der Waals surface area contributed by atoms with Crippen molar-refractivity contribution in [2.24, 2.45) is 0 Å². The van der Waals surface area contributed by atoms with E-state index in [4.69, 9.17) is 4.74 Å². The fraction of sp³-hybridized carbons (Fsp3) is 0.480. The Morgan fingerprint density at radius 1 is 1.13 bits per heavy atom. The van der Waals surface area contributed by atoms with Gasteiger partial charge in [0.25, 0.3) is 0 Å². The first-order chi connectivity index (χ1) is 14.2. The monoisotopic (exact) mass is 436 g/mol. The zero-order chi connectivity index (χ0) is 23.6. The fourth-order valence-corrected chi connectivity index (χ4v) is 3.87. The Balaban J connectivity index is 2.55. The van der Waals surface area contributed by atoms with Crippen molar-refractivity contribution in [3.63, 3.8) is 0 Å². The highest BCUT2D eigenvalue weighted by molar-refractivity contribution is 5.83. The fourth-order valence-electron chi connectivity index (χ4n) is 3.87. The van der Waals surface area contributed by atoms with Crippen LogP contribution in [0, 0.1) is 0 Å². The molecule has 31 heavy (non-hydrogen) atoms. The van der Waals surface area contributed by atoms with Gasteiger partial charge < -0.3 is 9.84 Å². The lowest BCUT2D eigenvalue weighted by molar-refractivity contribution is -0.137. The average molecular weight is 437 g/mol. The summed E-state index contributed by atoms with van der Waals surface area (Å²) in [4.78, 5) is 11.5. The minimum atomic E-state index is -4.66. The van der Waals surface area contributed by atoms with Gasteiger partial charge in [0.1, 0.15) is 5.75 Å². The summed E-state index contributed by atoms with van der Waals surface area (Å²) in [7, 11) is 0. The van der Waals surface area contributed by atoms with Crippen LogP contribution in [-0.2, 0) is 20.4 Å². The Morgan fingerprint density at radius 2 is 1.68 bits per heavy atom. The average Bonchev–Trinajstić information content (AvgIpc) is 2.62. The van der Waals surface area contributed by atoms with Gasteiger partial charge >= 0.3 is 12.1 Å². The van der Waals surface area contributed by atoms with Crippen molar-refractivity contribution < 1.29 is 27.8 Å². The van der Waals surface area contributed by atoms with E-state index >= 15 is 0 Å². The first-order valence-corrected chi connectivity index (χ1v) is 10.4. The molecule has 2 rings (SSSR count). The Kier molecular flexibility index (Phi) is 7.14. The number of phenolic OH excluding ortho intramolecular Hbond substituents is 1. The molecule has 0 aliphatic heterocycles. The third-order valence-electron chi connectivity index (χ3n) is 5.82. The van der Waals surface area contributed by atoms with Crippen molar-refractivity contribution in [2.75, 3.05) is 6.61 Å². The first kappa shape index (κ1) is 24.8. The van der Waals surface area contributed by atoms with Crippen LogP contribution in [0.3, 0.4) is 0 Å². The van der Waals surface area contributed by atoms with E-state index < -0.39 is 17.7 Å². The van der Waals surface area contributed by atoms with Gasteiger partial charge in [-0.2, -0.15) is 13.2 Å². The topological polar surface area (TPSA) is 46.5 Å². The van der Waals surface area contributed by atoms with E-state index in [1.54, 1.807) is 13.8 Å². The Labute approximate surface area is 182 Å². The molecular formula is C25H31F3O3. The van der Waals surface area contributed by atoms with Crippen molar-refractivity contribution in [2.45, 2.75) is 71.4 Å². The number of rotatable bonds is 5. The van der Waals surface area contributed by atoms with Gasteiger partial charge in [-0.1, -0.05) is 39.8 Å². The minimum Gasteiger partial charge on any atom is -0.507 e. The molecule has 170 valence electrons. The second-order valence-electron chi connectivity index (χ2n) is 9.26. The predicted octanol–water partition coefficient (Wildman–Crippen LogP) is 6.75. The Bertz CT molecular complexity index is 932. The van der Waals surface area contributed by atoms with Crippen molar-refractivity contribution in [1.82, 2.24) is 0 Å². The molecule has 0 bridgehead atoms. The number of benzene rings is 1. The quantitative estimate of drug-likeness (QED) is 0.315. The zero-order valence-electron chi connectivity index (χ0n) is 19.0. The maximum Gasteiger partial charge on any atom is 0.417 e. The number of esters is 1. The molecule has 0 saturated carbocycles. The molecule has 1 aliphatic rings. The van der Waals surface area contributed by atoms with Gasteiger partial charge in [0.2, 0.25) is 0 Å². The molecule has 3 nitrogen and oxygen atoms in total. The molecule has 0 unspecified atom stereocenters. The van der Waals surface area contributed by atoms with Gasteiger partial charge in [-0.05, 0) is 72.4 Å². The van der Waals surface area contributed by atoms with E-state index in [1.807, 2.05) is 27.7 Å². The molecule has 0 heterocycles. The number of carbonyl (C=O) groups is 1. The third-order valence-corrected chi connectivity index (χ3v) is 5.82. The molecule has 0 saturated heterocycles. The summed E-state index contributed by atoms with van der Waals surface area (Å²) in [5.41, 5.74) is 0.468. The van der Waals surface area contributed by atoms with Crippen LogP contribution in [0.1, 0.15) is 71.1 Å². The number of alkyl halides is 3. The molecule has 1 aromatic rings. The molecule has 0 spiro atoms. The highest BCUT2D eigenvalue weighted by atomic mass is 19.4. The lowest BCUT2D eigenvalue weighted by Crippen LogP contribution is -2.34. The second-order valence-corrected chi connectivity index (χ2v) is 9.26. The van der Waals surface area contributed by atoms with E-state index in [0.717, 1.165) is 30.0 Å². The van der Waals surface area contributed by atoms with E-state index in [9.17, 15) is 23.1 Å². The van der Waals surface area contributed by atoms with Crippen LogP contribution >= 0.6 is 0 Å².